The number of hydrogen-bond acceptors (Lipinski definition) is 6. The van der Waals surface area contributed by atoms with E-state index in [-0.39, 0.29) is 23.1 Å². The average molecular weight is 506 g/mol. The first-order chi connectivity index (χ1) is 17.0. The lowest BCUT2D eigenvalue weighted by atomic mass is 10.1. The van der Waals surface area contributed by atoms with Gasteiger partial charge < -0.3 is 9.88 Å². The summed E-state index contributed by atoms with van der Waals surface area (Å²) >= 11 is 0. The zero-order valence-electron chi connectivity index (χ0n) is 18.7. The van der Waals surface area contributed by atoms with Crippen molar-refractivity contribution in [3.05, 3.63) is 81.3 Å². The molecule has 13 heteroatoms. The fourth-order valence-corrected chi connectivity index (χ4v) is 3.87. The summed E-state index contributed by atoms with van der Waals surface area (Å²) in [6.07, 6.45) is -0.477. The van der Waals surface area contributed by atoms with Crippen LogP contribution < -0.4 is 16.4 Å². The lowest BCUT2D eigenvalue weighted by Crippen LogP contribution is -2.30. The number of fused-ring (bicyclic) bond motifs is 1. The molecule has 0 spiro atoms. The van der Waals surface area contributed by atoms with Crippen molar-refractivity contribution in [2.75, 3.05) is 5.32 Å². The van der Waals surface area contributed by atoms with Gasteiger partial charge in [0.1, 0.15) is 17.6 Å². The molecule has 2 N–H and O–H groups in total. The van der Waals surface area contributed by atoms with Crippen LogP contribution in [0.3, 0.4) is 0 Å². The summed E-state index contributed by atoms with van der Waals surface area (Å²) in [5.74, 6) is -0.695. The molecule has 4 aromatic rings. The van der Waals surface area contributed by atoms with Crippen LogP contribution >= 0.6 is 0 Å². The number of halogens is 5. The van der Waals surface area contributed by atoms with Gasteiger partial charge in [0, 0.05) is 36.6 Å². The smallest absolute Gasteiger partial charge is 0.381 e. The maximum absolute atomic E-state index is 14.8. The Hall–Kier alpha value is -4.16. The molecule has 0 aliphatic rings. The number of aromatic amines is 1. The number of benzene rings is 1. The molecule has 188 valence electrons. The van der Waals surface area contributed by atoms with E-state index in [9.17, 15) is 31.5 Å². The van der Waals surface area contributed by atoms with E-state index in [0.29, 0.717) is 5.39 Å². The van der Waals surface area contributed by atoms with E-state index in [0.717, 1.165) is 16.8 Å². The molecule has 0 radical (unpaired) electrons. The Morgan fingerprint density at radius 1 is 1.17 bits per heavy atom. The van der Waals surface area contributed by atoms with Gasteiger partial charge in [0.2, 0.25) is 0 Å². The predicted molar refractivity (Wildman–Crippen MR) is 122 cm³/mol. The van der Waals surface area contributed by atoms with Crippen LogP contribution in [0.1, 0.15) is 18.9 Å². The van der Waals surface area contributed by atoms with Crippen LogP contribution in [0.5, 0.6) is 0 Å². The number of rotatable bonds is 7. The fourth-order valence-electron chi connectivity index (χ4n) is 3.87. The molecule has 3 aromatic heterocycles. The lowest BCUT2D eigenvalue weighted by molar-refractivity contribution is -0.138. The van der Waals surface area contributed by atoms with Crippen LogP contribution in [0, 0.1) is 5.82 Å². The number of pyridine rings is 1. The van der Waals surface area contributed by atoms with Gasteiger partial charge in [-0.2, -0.15) is 18.3 Å². The maximum Gasteiger partial charge on any atom is 0.423 e. The minimum Gasteiger partial charge on any atom is -0.381 e. The van der Waals surface area contributed by atoms with Crippen LogP contribution in [0.2, 0.25) is 0 Å². The molecular formula is C23H19F5N6O2. The topological polar surface area (TPSA) is 106 Å². The number of nitrogens with one attached hydrogen (secondary N) is 2. The standard InChI is InChI=1S/C23H19F5N6O2/c1-12(32-19-10-31-33-21(35)20(19)23(26,27)28)6-14(24)11-34-5-2-13-7-16(18-9-29-3-4-30-18)17(25)8-15(13)22(34)36/h2-5,7-10,12,14H,6,11H2,1H3,(H2,32,33,35). The molecule has 1 aromatic carbocycles. The van der Waals surface area contributed by atoms with Crippen molar-refractivity contribution in [2.45, 2.75) is 38.3 Å². The molecule has 0 saturated carbocycles. The Labute approximate surface area is 199 Å². The van der Waals surface area contributed by atoms with Crippen molar-refractivity contribution >= 4 is 16.5 Å². The molecular weight excluding hydrogens is 487 g/mol. The van der Waals surface area contributed by atoms with Crippen molar-refractivity contribution in [1.29, 1.82) is 0 Å². The molecule has 0 bridgehead atoms. The average Bonchev–Trinajstić information content (AvgIpc) is 2.80. The van der Waals surface area contributed by atoms with Crippen LogP contribution in [0.4, 0.5) is 27.6 Å². The van der Waals surface area contributed by atoms with Gasteiger partial charge in [-0.15, -0.1) is 0 Å². The highest BCUT2D eigenvalue weighted by atomic mass is 19.4. The first-order valence-electron chi connectivity index (χ1n) is 10.7. The summed E-state index contributed by atoms with van der Waals surface area (Å²) < 4.78 is 70.2. The molecule has 0 fully saturated rings. The number of alkyl halides is 4. The normalized spacial score (nSPS) is 13.5. The van der Waals surface area contributed by atoms with Crippen molar-refractivity contribution in [1.82, 2.24) is 24.7 Å². The van der Waals surface area contributed by atoms with E-state index in [1.807, 2.05) is 0 Å². The largest absolute Gasteiger partial charge is 0.423 e. The Morgan fingerprint density at radius 3 is 2.64 bits per heavy atom. The molecule has 8 nitrogen and oxygen atoms in total. The van der Waals surface area contributed by atoms with Crippen molar-refractivity contribution in [2.24, 2.45) is 0 Å². The van der Waals surface area contributed by atoms with E-state index >= 15 is 0 Å². The Balaban J connectivity index is 1.51. The van der Waals surface area contributed by atoms with Crippen molar-refractivity contribution < 1.29 is 22.0 Å². The molecule has 0 saturated heterocycles. The fraction of sp³-hybridized carbons (Fsp3) is 0.261. The van der Waals surface area contributed by atoms with Gasteiger partial charge in [-0.05, 0) is 30.5 Å². The Kier molecular flexibility index (Phi) is 6.82. The van der Waals surface area contributed by atoms with E-state index in [4.69, 9.17) is 0 Å². The highest BCUT2D eigenvalue weighted by Gasteiger charge is 2.37. The molecule has 2 atom stereocenters. The van der Waals surface area contributed by atoms with Crippen LogP contribution in [0.25, 0.3) is 22.0 Å². The van der Waals surface area contributed by atoms with E-state index in [1.54, 1.807) is 5.10 Å². The summed E-state index contributed by atoms with van der Waals surface area (Å²) in [7, 11) is 0. The minimum absolute atomic E-state index is 0.0328. The second kappa shape index (κ2) is 9.84. The molecule has 4 rings (SSSR count). The second-order valence-corrected chi connectivity index (χ2v) is 8.15. The summed E-state index contributed by atoms with van der Waals surface area (Å²) in [5.41, 5.74) is -3.65. The summed E-state index contributed by atoms with van der Waals surface area (Å²) in [5, 5.41) is 7.99. The third-order valence-corrected chi connectivity index (χ3v) is 5.45. The third-order valence-electron chi connectivity index (χ3n) is 5.45. The summed E-state index contributed by atoms with van der Waals surface area (Å²) in [6, 6.07) is 3.19. The quantitative estimate of drug-likeness (QED) is 0.368. The van der Waals surface area contributed by atoms with Crippen molar-refractivity contribution in [3.63, 3.8) is 0 Å². The zero-order valence-corrected chi connectivity index (χ0v) is 18.7. The highest BCUT2D eigenvalue weighted by Crippen LogP contribution is 2.32. The first-order valence-corrected chi connectivity index (χ1v) is 10.7. The second-order valence-electron chi connectivity index (χ2n) is 8.15. The van der Waals surface area contributed by atoms with E-state index in [1.165, 1.54) is 43.8 Å². The van der Waals surface area contributed by atoms with Crippen LogP contribution in [-0.4, -0.2) is 36.9 Å². The number of nitrogens with zero attached hydrogens (tertiary/aromatic N) is 4. The third kappa shape index (κ3) is 5.24. The van der Waals surface area contributed by atoms with Gasteiger partial charge in [0.25, 0.3) is 11.1 Å². The monoisotopic (exact) mass is 506 g/mol. The van der Waals surface area contributed by atoms with Gasteiger partial charge in [0.15, 0.2) is 0 Å². The van der Waals surface area contributed by atoms with E-state index in [2.05, 4.69) is 20.4 Å². The minimum atomic E-state index is -4.94. The molecule has 3 heterocycles. The molecule has 0 aliphatic carbocycles. The van der Waals surface area contributed by atoms with Crippen LogP contribution in [-0.2, 0) is 12.7 Å². The predicted octanol–water partition coefficient (Wildman–Crippen LogP) is 3.93. The van der Waals surface area contributed by atoms with Gasteiger partial charge >= 0.3 is 6.18 Å². The number of H-pyrrole nitrogens is 1. The van der Waals surface area contributed by atoms with Crippen LogP contribution in [0.15, 0.2) is 58.8 Å². The molecule has 0 amide bonds. The van der Waals surface area contributed by atoms with Crippen molar-refractivity contribution in [3.8, 4) is 11.3 Å². The van der Waals surface area contributed by atoms with Gasteiger partial charge in [-0.25, -0.2) is 13.9 Å². The van der Waals surface area contributed by atoms with E-state index < -0.39 is 53.1 Å². The lowest BCUT2D eigenvalue weighted by Gasteiger charge is -2.20. The Bertz CT molecular complexity index is 1500. The summed E-state index contributed by atoms with van der Waals surface area (Å²) in [4.78, 5) is 32.4. The highest BCUT2D eigenvalue weighted by molar-refractivity contribution is 5.86. The van der Waals surface area contributed by atoms with Gasteiger partial charge in [-0.1, -0.05) is 0 Å². The first kappa shape index (κ1) is 24.9. The SMILES string of the molecule is CC(CC(F)Cn1ccc2cc(-c3cnccn3)c(F)cc2c1=O)Nc1cn[nH]c(=O)c1C(F)(F)F. The maximum atomic E-state index is 14.8. The number of hydrogen-bond donors (Lipinski definition) is 2. The van der Waals surface area contributed by atoms with Gasteiger partial charge in [-0.3, -0.25) is 19.6 Å². The zero-order chi connectivity index (χ0) is 26.0. The number of aromatic nitrogens is 5. The molecule has 2 unspecified atom stereocenters. The molecule has 36 heavy (non-hydrogen) atoms. The Morgan fingerprint density at radius 2 is 1.94 bits per heavy atom. The van der Waals surface area contributed by atoms with Gasteiger partial charge in [0.05, 0.1) is 35.7 Å². The summed E-state index contributed by atoms with van der Waals surface area (Å²) in [6.45, 7) is 1.02. The molecule has 0 aliphatic heterocycles. The number of anilines is 1.